The number of carbonyl (C=O) groups excluding carboxylic acids is 1. The molecule has 1 aliphatic rings. The second-order valence-corrected chi connectivity index (χ2v) is 6.64. The quantitative estimate of drug-likeness (QED) is 0.847. The van der Waals surface area contributed by atoms with E-state index in [0.29, 0.717) is 19.1 Å². The minimum absolute atomic E-state index is 0.0534. The molecule has 0 heterocycles. The number of para-hydroxylation sites is 1. The molecule has 1 fully saturated rings. The molecule has 25 heavy (non-hydrogen) atoms. The Kier molecular flexibility index (Phi) is 6.07. The third-order valence-electron chi connectivity index (χ3n) is 4.70. The summed E-state index contributed by atoms with van der Waals surface area (Å²) >= 11 is 0. The minimum Gasteiger partial charge on any atom is -0.492 e. The fraction of sp³-hybridized carbons (Fsp3) is 0.381. The van der Waals surface area contributed by atoms with Crippen molar-refractivity contribution in [3.05, 3.63) is 54.6 Å². The molecule has 0 unspecified atom stereocenters. The number of nitrogens with one attached hydrogen (secondary N) is 1. The first-order chi connectivity index (χ1) is 12.2. The predicted molar refractivity (Wildman–Crippen MR) is 100 cm³/mol. The molecular weight excluding hydrogens is 312 g/mol. The first-order valence-corrected chi connectivity index (χ1v) is 9.04. The van der Waals surface area contributed by atoms with Crippen molar-refractivity contribution in [2.75, 3.05) is 6.61 Å². The molecule has 2 aromatic rings. The van der Waals surface area contributed by atoms with Gasteiger partial charge in [-0.3, -0.25) is 4.79 Å². The minimum atomic E-state index is 0.0534. The van der Waals surface area contributed by atoms with Crippen LogP contribution in [0.25, 0.3) is 11.1 Å². The molecule has 132 valence electrons. The zero-order chi connectivity index (χ0) is 17.5. The van der Waals surface area contributed by atoms with E-state index in [1.165, 1.54) is 0 Å². The van der Waals surface area contributed by atoms with Gasteiger partial charge >= 0.3 is 0 Å². The summed E-state index contributed by atoms with van der Waals surface area (Å²) in [6.45, 7) is 0.377. The maximum absolute atomic E-state index is 12.1. The van der Waals surface area contributed by atoms with Crippen molar-refractivity contribution in [2.24, 2.45) is 5.73 Å². The highest BCUT2D eigenvalue weighted by Crippen LogP contribution is 2.29. The standard InChI is InChI=1S/C21H26N2O2/c22-17-10-12-18(13-11-17)23-21(24)14-15-25-20-9-5-4-8-19(20)16-6-2-1-3-7-16/h1-9,17-18H,10-15,22H2,(H,23,24). The van der Waals surface area contributed by atoms with E-state index < -0.39 is 0 Å². The van der Waals surface area contributed by atoms with Crippen LogP contribution in [0.1, 0.15) is 32.1 Å². The number of carbonyl (C=O) groups is 1. The van der Waals surface area contributed by atoms with Crippen molar-refractivity contribution in [2.45, 2.75) is 44.2 Å². The molecule has 0 spiro atoms. The smallest absolute Gasteiger partial charge is 0.223 e. The summed E-state index contributed by atoms with van der Waals surface area (Å²) in [6.07, 6.45) is 4.30. The van der Waals surface area contributed by atoms with E-state index in [9.17, 15) is 4.79 Å². The monoisotopic (exact) mass is 338 g/mol. The van der Waals surface area contributed by atoms with E-state index in [0.717, 1.165) is 42.6 Å². The Labute approximate surface area is 149 Å². The molecule has 0 saturated heterocycles. The second kappa shape index (κ2) is 8.67. The molecule has 3 rings (SSSR count). The van der Waals surface area contributed by atoms with Crippen LogP contribution in [0.15, 0.2) is 54.6 Å². The van der Waals surface area contributed by atoms with Gasteiger partial charge in [-0.1, -0.05) is 48.5 Å². The van der Waals surface area contributed by atoms with Gasteiger partial charge in [0, 0.05) is 17.6 Å². The predicted octanol–water partition coefficient (Wildman–Crippen LogP) is 3.51. The van der Waals surface area contributed by atoms with Crippen molar-refractivity contribution in [1.82, 2.24) is 5.32 Å². The highest BCUT2D eigenvalue weighted by molar-refractivity contribution is 5.76. The average Bonchev–Trinajstić information content (AvgIpc) is 2.65. The van der Waals surface area contributed by atoms with Crippen molar-refractivity contribution in [3.8, 4) is 16.9 Å². The van der Waals surface area contributed by atoms with E-state index in [-0.39, 0.29) is 11.9 Å². The number of ether oxygens (including phenoxy) is 1. The van der Waals surface area contributed by atoms with Gasteiger partial charge < -0.3 is 15.8 Å². The van der Waals surface area contributed by atoms with Crippen LogP contribution >= 0.6 is 0 Å². The lowest BCUT2D eigenvalue weighted by molar-refractivity contribution is -0.122. The number of rotatable bonds is 6. The van der Waals surface area contributed by atoms with Gasteiger partial charge in [-0.2, -0.15) is 0 Å². The lowest BCUT2D eigenvalue weighted by atomic mass is 9.92. The van der Waals surface area contributed by atoms with Crippen LogP contribution in [0.2, 0.25) is 0 Å². The van der Waals surface area contributed by atoms with Crippen LogP contribution in [0, 0.1) is 0 Å². The van der Waals surface area contributed by atoms with Gasteiger partial charge in [-0.15, -0.1) is 0 Å². The summed E-state index contributed by atoms with van der Waals surface area (Å²) in [6, 6.07) is 18.6. The molecule has 4 nitrogen and oxygen atoms in total. The summed E-state index contributed by atoms with van der Waals surface area (Å²) in [7, 11) is 0. The van der Waals surface area contributed by atoms with Crippen LogP contribution in [0.3, 0.4) is 0 Å². The first kappa shape index (κ1) is 17.5. The molecule has 0 atom stereocenters. The Hall–Kier alpha value is -2.33. The summed E-state index contributed by atoms with van der Waals surface area (Å²) in [5.74, 6) is 0.864. The molecule has 4 heteroatoms. The summed E-state index contributed by atoms with van der Waals surface area (Å²) in [5.41, 5.74) is 8.06. The zero-order valence-electron chi connectivity index (χ0n) is 14.5. The van der Waals surface area contributed by atoms with E-state index >= 15 is 0 Å². The van der Waals surface area contributed by atoms with Crippen LogP contribution in [-0.2, 0) is 4.79 Å². The Bertz CT molecular complexity index is 679. The Morgan fingerprint density at radius 2 is 1.68 bits per heavy atom. The van der Waals surface area contributed by atoms with Crippen molar-refractivity contribution in [1.29, 1.82) is 0 Å². The fourth-order valence-electron chi connectivity index (χ4n) is 3.27. The lowest BCUT2D eigenvalue weighted by Gasteiger charge is -2.26. The van der Waals surface area contributed by atoms with Gasteiger partial charge in [-0.25, -0.2) is 0 Å². The molecule has 0 aliphatic heterocycles. The van der Waals surface area contributed by atoms with Crippen molar-refractivity contribution in [3.63, 3.8) is 0 Å². The first-order valence-electron chi connectivity index (χ1n) is 9.04. The lowest BCUT2D eigenvalue weighted by Crippen LogP contribution is -2.40. The maximum Gasteiger partial charge on any atom is 0.223 e. The molecule has 0 radical (unpaired) electrons. The molecule has 0 aromatic heterocycles. The zero-order valence-corrected chi connectivity index (χ0v) is 14.5. The third kappa shape index (κ3) is 5.07. The molecule has 1 aliphatic carbocycles. The molecule has 0 bridgehead atoms. The third-order valence-corrected chi connectivity index (χ3v) is 4.70. The summed E-state index contributed by atoms with van der Waals surface area (Å²) in [4.78, 5) is 12.1. The highest BCUT2D eigenvalue weighted by atomic mass is 16.5. The summed E-state index contributed by atoms with van der Waals surface area (Å²) < 4.78 is 5.89. The van der Waals surface area contributed by atoms with Gasteiger partial charge in [0.1, 0.15) is 5.75 Å². The number of hydrogen-bond donors (Lipinski definition) is 2. The average molecular weight is 338 g/mol. The topological polar surface area (TPSA) is 64.3 Å². The van der Waals surface area contributed by atoms with E-state index in [1.807, 2.05) is 42.5 Å². The maximum atomic E-state index is 12.1. The number of benzene rings is 2. The number of amides is 1. The largest absolute Gasteiger partial charge is 0.492 e. The van der Waals surface area contributed by atoms with Crippen LogP contribution in [-0.4, -0.2) is 24.6 Å². The van der Waals surface area contributed by atoms with Gasteiger partial charge in [0.25, 0.3) is 0 Å². The Morgan fingerprint density at radius 3 is 2.44 bits per heavy atom. The molecular formula is C21H26N2O2. The summed E-state index contributed by atoms with van der Waals surface area (Å²) in [5, 5.41) is 3.10. The Balaban J connectivity index is 1.50. The van der Waals surface area contributed by atoms with Gasteiger partial charge in [0.2, 0.25) is 5.91 Å². The SMILES string of the molecule is NC1CCC(NC(=O)CCOc2ccccc2-c2ccccc2)CC1. The second-order valence-electron chi connectivity index (χ2n) is 6.64. The van der Waals surface area contributed by atoms with Crippen molar-refractivity contribution < 1.29 is 9.53 Å². The van der Waals surface area contributed by atoms with Crippen LogP contribution in [0.4, 0.5) is 0 Å². The normalized spacial score (nSPS) is 20.0. The molecule has 1 amide bonds. The van der Waals surface area contributed by atoms with E-state index in [1.54, 1.807) is 0 Å². The van der Waals surface area contributed by atoms with Crippen LogP contribution in [0.5, 0.6) is 5.75 Å². The number of hydrogen-bond acceptors (Lipinski definition) is 3. The van der Waals surface area contributed by atoms with E-state index in [2.05, 4.69) is 17.4 Å². The Morgan fingerprint density at radius 1 is 1.00 bits per heavy atom. The molecule has 3 N–H and O–H groups in total. The highest BCUT2D eigenvalue weighted by Gasteiger charge is 2.19. The van der Waals surface area contributed by atoms with Crippen molar-refractivity contribution >= 4 is 5.91 Å². The van der Waals surface area contributed by atoms with Crippen LogP contribution < -0.4 is 15.8 Å². The molecule has 1 saturated carbocycles. The fourth-order valence-corrected chi connectivity index (χ4v) is 3.27. The number of nitrogens with two attached hydrogens (primary N) is 1. The van der Waals surface area contributed by atoms with Gasteiger partial charge in [0.05, 0.1) is 13.0 Å². The molecule has 2 aromatic carbocycles. The van der Waals surface area contributed by atoms with Gasteiger partial charge in [0.15, 0.2) is 0 Å². The van der Waals surface area contributed by atoms with Gasteiger partial charge in [-0.05, 0) is 37.3 Å². The van der Waals surface area contributed by atoms with E-state index in [4.69, 9.17) is 10.5 Å².